The van der Waals surface area contributed by atoms with Crippen LogP contribution in [0.25, 0.3) is 22.4 Å². The van der Waals surface area contributed by atoms with Crippen molar-refractivity contribution in [2.45, 2.75) is 33.6 Å². The van der Waals surface area contributed by atoms with E-state index in [0.29, 0.717) is 11.5 Å². The van der Waals surface area contributed by atoms with Gasteiger partial charge in [0.15, 0.2) is 0 Å². The molecule has 140 valence electrons. The minimum absolute atomic E-state index is 0.108. The number of rotatable bonds is 2. The molecule has 4 rings (SSSR count). The molecular formula is C22H26N4O. The predicted molar refractivity (Wildman–Crippen MR) is 107 cm³/mol. The molecule has 2 aromatic heterocycles. The van der Waals surface area contributed by atoms with E-state index in [1.165, 1.54) is 0 Å². The van der Waals surface area contributed by atoms with Gasteiger partial charge >= 0.3 is 0 Å². The number of H-pyrrole nitrogens is 1. The van der Waals surface area contributed by atoms with Crippen molar-refractivity contribution in [3.63, 3.8) is 0 Å². The highest BCUT2D eigenvalue weighted by Gasteiger charge is 2.30. The van der Waals surface area contributed by atoms with Gasteiger partial charge in [0.1, 0.15) is 5.82 Å². The van der Waals surface area contributed by atoms with Crippen molar-refractivity contribution >= 4 is 16.9 Å². The number of imidazole rings is 1. The summed E-state index contributed by atoms with van der Waals surface area (Å²) >= 11 is 0. The molecule has 27 heavy (non-hydrogen) atoms. The first-order valence-electron chi connectivity index (χ1n) is 9.61. The van der Waals surface area contributed by atoms with Gasteiger partial charge in [-0.15, -0.1) is 0 Å². The third-order valence-electron chi connectivity index (χ3n) is 5.36. The molecule has 1 fully saturated rings. The lowest BCUT2D eigenvalue weighted by molar-refractivity contribution is 0.0706. The van der Waals surface area contributed by atoms with Crippen LogP contribution in [0.1, 0.15) is 44.0 Å². The van der Waals surface area contributed by atoms with E-state index < -0.39 is 0 Å². The molecule has 3 heterocycles. The Morgan fingerprint density at radius 2 is 2.15 bits per heavy atom. The van der Waals surface area contributed by atoms with Gasteiger partial charge in [-0.1, -0.05) is 20.8 Å². The van der Waals surface area contributed by atoms with Crippen LogP contribution in [0.4, 0.5) is 0 Å². The third kappa shape index (κ3) is 3.72. The van der Waals surface area contributed by atoms with E-state index in [0.717, 1.165) is 48.4 Å². The van der Waals surface area contributed by atoms with Crippen molar-refractivity contribution in [3.05, 3.63) is 48.3 Å². The summed E-state index contributed by atoms with van der Waals surface area (Å²) in [6, 6.07) is 9.59. The van der Waals surface area contributed by atoms with Gasteiger partial charge in [0, 0.05) is 36.6 Å². The lowest BCUT2D eigenvalue weighted by atomic mass is 9.83. The van der Waals surface area contributed by atoms with Gasteiger partial charge in [-0.05, 0) is 54.5 Å². The molecule has 1 amide bonds. The Balaban J connectivity index is 1.62. The van der Waals surface area contributed by atoms with E-state index in [1.807, 2.05) is 35.2 Å². The zero-order valence-corrected chi connectivity index (χ0v) is 16.2. The smallest absolute Gasteiger partial charge is 0.253 e. The monoisotopic (exact) mass is 362 g/mol. The summed E-state index contributed by atoms with van der Waals surface area (Å²) < 4.78 is 0. The Bertz CT molecular complexity index is 961. The molecule has 1 unspecified atom stereocenters. The van der Waals surface area contributed by atoms with Crippen LogP contribution >= 0.6 is 0 Å². The summed E-state index contributed by atoms with van der Waals surface area (Å²) in [5.74, 6) is 1.53. The quantitative estimate of drug-likeness (QED) is 0.729. The van der Waals surface area contributed by atoms with Gasteiger partial charge in [-0.3, -0.25) is 9.78 Å². The van der Waals surface area contributed by atoms with E-state index in [9.17, 15) is 4.79 Å². The topological polar surface area (TPSA) is 61.9 Å². The summed E-state index contributed by atoms with van der Waals surface area (Å²) in [6.07, 6.45) is 5.74. The first kappa shape index (κ1) is 17.7. The van der Waals surface area contributed by atoms with Crippen molar-refractivity contribution in [3.8, 4) is 11.4 Å². The Morgan fingerprint density at radius 3 is 2.93 bits per heavy atom. The van der Waals surface area contributed by atoms with Crippen LogP contribution in [0.5, 0.6) is 0 Å². The lowest BCUT2D eigenvalue weighted by Crippen LogP contribution is -2.37. The maximum Gasteiger partial charge on any atom is 0.253 e. The van der Waals surface area contributed by atoms with Gasteiger partial charge in [0.05, 0.1) is 11.0 Å². The molecule has 1 saturated heterocycles. The van der Waals surface area contributed by atoms with E-state index in [1.54, 1.807) is 12.4 Å². The van der Waals surface area contributed by atoms with Gasteiger partial charge in [0.25, 0.3) is 5.91 Å². The molecule has 3 aromatic rings. The van der Waals surface area contributed by atoms with Gasteiger partial charge in [-0.25, -0.2) is 4.98 Å². The van der Waals surface area contributed by atoms with Crippen LogP contribution in [-0.2, 0) is 0 Å². The fourth-order valence-electron chi connectivity index (χ4n) is 4.22. The number of benzene rings is 1. The van der Waals surface area contributed by atoms with Crippen molar-refractivity contribution in [2.24, 2.45) is 11.3 Å². The number of aromatic amines is 1. The molecule has 1 aliphatic rings. The maximum absolute atomic E-state index is 13.1. The molecule has 1 aromatic carbocycles. The second-order valence-corrected chi connectivity index (χ2v) is 8.55. The number of hydrogen-bond donors (Lipinski definition) is 1. The number of carbonyl (C=O) groups excluding carboxylic acids is 1. The number of nitrogens with zero attached hydrogens (tertiary/aromatic N) is 3. The number of pyridine rings is 1. The van der Waals surface area contributed by atoms with Crippen molar-refractivity contribution < 1.29 is 4.79 Å². The number of nitrogens with one attached hydrogen (secondary N) is 1. The number of carbonyl (C=O) groups is 1. The highest BCUT2D eigenvalue weighted by Crippen LogP contribution is 2.32. The van der Waals surface area contributed by atoms with Crippen LogP contribution in [-0.4, -0.2) is 38.8 Å². The van der Waals surface area contributed by atoms with Crippen molar-refractivity contribution in [1.82, 2.24) is 19.9 Å². The molecule has 5 heteroatoms. The minimum atomic E-state index is 0.108. The Hall–Kier alpha value is -2.69. The fourth-order valence-corrected chi connectivity index (χ4v) is 4.22. The van der Waals surface area contributed by atoms with Gasteiger partial charge in [0.2, 0.25) is 0 Å². The SMILES string of the molecule is CC1CCN(C(=O)c2ccc3nc(-c4cccnc4)[nH]c3c2)CC(C)(C)C1. The number of fused-ring (bicyclic) bond motifs is 1. The zero-order chi connectivity index (χ0) is 19.0. The molecule has 0 radical (unpaired) electrons. The third-order valence-corrected chi connectivity index (χ3v) is 5.36. The van der Waals surface area contributed by atoms with E-state index in [-0.39, 0.29) is 11.3 Å². The minimum Gasteiger partial charge on any atom is -0.338 e. The fraction of sp³-hybridized carbons (Fsp3) is 0.409. The first-order chi connectivity index (χ1) is 12.9. The summed E-state index contributed by atoms with van der Waals surface area (Å²) in [5, 5.41) is 0. The van der Waals surface area contributed by atoms with Crippen LogP contribution in [0.3, 0.4) is 0 Å². The van der Waals surface area contributed by atoms with Crippen LogP contribution in [0, 0.1) is 11.3 Å². The molecule has 0 bridgehead atoms. The first-order valence-corrected chi connectivity index (χ1v) is 9.61. The number of amides is 1. The summed E-state index contributed by atoms with van der Waals surface area (Å²) in [7, 11) is 0. The normalized spacial score (nSPS) is 19.8. The summed E-state index contributed by atoms with van der Waals surface area (Å²) in [4.78, 5) is 27.3. The van der Waals surface area contributed by atoms with Crippen LogP contribution in [0.2, 0.25) is 0 Å². The molecule has 1 atom stereocenters. The van der Waals surface area contributed by atoms with E-state index >= 15 is 0 Å². The molecule has 0 spiro atoms. The standard InChI is InChI=1S/C22H26N4O/c1-15-8-10-26(14-22(2,3)12-15)21(27)16-6-7-18-19(11-16)25-20(24-18)17-5-4-9-23-13-17/h4-7,9,11,13,15H,8,10,12,14H2,1-3H3,(H,24,25). The summed E-state index contributed by atoms with van der Waals surface area (Å²) in [5.41, 5.74) is 3.54. The zero-order valence-electron chi connectivity index (χ0n) is 16.2. The number of aromatic nitrogens is 3. The van der Waals surface area contributed by atoms with Crippen molar-refractivity contribution in [2.75, 3.05) is 13.1 Å². The predicted octanol–water partition coefficient (Wildman–Crippen LogP) is 4.52. The molecule has 5 nitrogen and oxygen atoms in total. The Kier molecular flexibility index (Phi) is 4.46. The van der Waals surface area contributed by atoms with Crippen LogP contribution in [0.15, 0.2) is 42.7 Å². The molecule has 0 saturated carbocycles. The average Bonchev–Trinajstić information content (AvgIpc) is 3.01. The maximum atomic E-state index is 13.1. The van der Waals surface area contributed by atoms with Crippen molar-refractivity contribution in [1.29, 1.82) is 0 Å². The lowest BCUT2D eigenvalue weighted by Gasteiger charge is -2.30. The largest absolute Gasteiger partial charge is 0.338 e. The second-order valence-electron chi connectivity index (χ2n) is 8.55. The molecule has 1 aliphatic heterocycles. The highest BCUT2D eigenvalue weighted by molar-refractivity contribution is 5.97. The number of hydrogen-bond acceptors (Lipinski definition) is 3. The van der Waals surface area contributed by atoms with Gasteiger partial charge in [-0.2, -0.15) is 0 Å². The van der Waals surface area contributed by atoms with Gasteiger partial charge < -0.3 is 9.88 Å². The number of likely N-dealkylation sites (tertiary alicyclic amines) is 1. The molecule has 0 aliphatic carbocycles. The second kappa shape index (κ2) is 6.80. The Morgan fingerprint density at radius 1 is 1.30 bits per heavy atom. The average molecular weight is 362 g/mol. The highest BCUT2D eigenvalue weighted by atomic mass is 16.2. The Labute approximate surface area is 159 Å². The molecular weight excluding hydrogens is 336 g/mol. The van der Waals surface area contributed by atoms with E-state index in [2.05, 4.69) is 35.7 Å². The van der Waals surface area contributed by atoms with E-state index in [4.69, 9.17) is 0 Å². The summed E-state index contributed by atoms with van der Waals surface area (Å²) in [6.45, 7) is 8.43. The van der Waals surface area contributed by atoms with Crippen LogP contribution < -0.4 is 0 Å². The molecule has 1 N–H and O–H groups in total.